The van der Waals surface area contributed by atoms with Gasteiger partial charge in [0.2, 0.25) is 0 Å². The molecule has 0 spiro atoms. The topological polar surface area (TPSA) is 323 Å². The van der Waals surface area contributed by atoms with Gasteiger partial charge in [-0.25, -0.2) is 9.59 Å². The van der Waals surface area contributed by atoms with Crippen LogP contribution < -0.4 is 0 Å². The molecule has 0 heterocycles. The monoisotopic (exact) mass is 780 g/mol. The van der Waals surface area contributed by atoms with Gasteiger partial charge in [0.1, 0.15) is 13.2 Å². The Morgan fingerprint density at radius 1 is 0.434 bits per heavy atom. The molecule has 0 aliphatic heterocycles. The van der Waals surface area contributed by atoms with Gasteiger partial charge in [-0.15, -0.1) is 0 Å². The van der Waals surface area contributed by atoms with Crippen LogP contribution in [-0.4, -0.2) is 169 Å². The molecule has 0 aliphatic carbocycles. The molecule has 0 aromatic carbocycles. The first-order valence-electron chi connectivity index (χ1n) is 16.5. The molecule has 0 bridgehead atoms. The Morgan fingerprint density at radius 2 is 0.623 bits per heavy atom. The number of unbranched alkanes of at least 4 members (excludes halogenated alkanes) is 6. The SMILES string of the molecule is C=C(C)C(=O)OCC(CO)(CO)CO.C=C(C)C(=O)OCC(CO)(CO)CO.O=C(O)CCCCCCC(=O)O.O=C(O)CCCCCCC(=O)O.[NaH]. The molecule has 0 unspecified atom stereocenters. The third-order valence-electron chi connectivity index (χ3n) is 6.79. The van der Waals surface area contributed by atoms with Gasteiger partial charge >= 0.3 is 65.4 Å². The van der Waals surface area contributed by atoms with Crippen molar-refractivity contribution < 1.29 is 89.3 Å². The van der Waals surface area contributed by atoms with E-state index in [1.54, 1.807) is 0 Å². The Hall–Kier alpha value is -2.94. The van der Waals surface area contributed by atoms with E-state index in [0.29, 0.717) is 25.7 Å². The summed E-state index contributed by atoms with van der Waals surface area (Å²) in [7, 11) is 0. The Kier molecular flexibility index (Phi) is 41.9. The summed E-state index contributed by atoms with van der Waals surface area (Å²) in [5.74, 6) is -4.35. The first-order valence-corrected chi connectivity index (χ1v) is 16.5. The Balaban J connectivity index is -0.000000193. The van der Waals surface area contributed by atoms with E-state index < -0.39 is 86.3 Å². The molecule has 306 valence electrons. The van der Waals surface area contributed by atoms with Gasteiger partial charge in [-0.05, 0) is 39.5 Å². The van der Waals surface area contributed by atoms with Crippen molar-refractivity contribution in [2.75, 3.05) is 52.9 Å². The maximum atomic E-state index is 11.0. The molecule has 0 aromatic heterocycles. The van der Waals surface area contributed by atoms with Crippen molar-refractivity contribution in [1.29, 1.82) is 0 Å². The number of carbonyl (C=O) groups excluding carboxylic acids is 2. The van der Waals surface area contributed by atoms with Crippen LogP contribution in [0, 0.1) is 10.8 Å². The van der Waals surface area contributed by atoms with Crippen LogP contribution >= 0.6 is 0 Å². The number of carbonyl (C=O) groups is 6. The van der Waals surface area contributed by atoms with Crippen molar-refractivity contribution in [3.63, 3.8) is 0 Å². The second-order valence-corrected chi connectivity index (χ2v) is 12.1. The van der Waals surface area contributed by atoms with E-state index in [2.05, 4.69) is 13.2 Å². The van der Waals surface area contributed by atoms with Crippen LogP contribution in [0.25, 0.3) is 0 Å². The van der Waals surface area contributed by atoms with Crippen LogP contribution in [0.1, 0.15) is 90.9 Å². The first kappa shape index (κ1) is 59.3. The average molecular weight is 781 g/mol. The molecule has 0 amide bonds. The number of aliphatic carboxylic acids is 4. The fourth-order valence-corrected chi connectivity index (χ4v) is 3.07. The van der Waals surface area contributed by atoms with Gasteiger partial charge in [0.25, 0.3) is 0 Å². The van der Waals surface area contributed by atoms with Crippen molar-refractivity contribution >= 4 is 65.4 Å². The summed E-state index contributed by atoms with van der Waals surface area (Å²) in [5.41, 5.74) is -1.89. The minimum absolute atomic E-state index is 0. The average Bonchev–Trinajstić information content (AvgIpc) is 3.09. The van der Waals surface area contributed by atoms with Crippen molar-refractivity contribution in [3.8, 4) is 0 Å². The number of carboxylic acid groups (broad SMARTS) is 4. The summed E-state index contributed by atoms with van der Waals surface area (Å²) >= 11 is 0. The number of carboxylic acids is 4. The number of aliphatic hydroxyl groups is 6. The number of ether oxygens (including phenoxy) is 2. The van der Waals surface area contributed by atoms with E-state index >= 15 is 0 Å². The zero-order valence-electron chi connectivity index (χ0n) is 30.3. The fraction of sp³-hybridized carbons (Fsp3) is 0.706. The third kappa shape index (κ3) is 38.6. The van der Waals surface area contributed by atoms with Crippen molar-refractivity contribution in [3.05, 3.63) is 24.3 Å². The van der Waals surface area contributed by atoms with E-state index in [9.17, 15) is 28.8 Å². The van der Waals surface area contributed by atoms with Crippen molar-refractivity contribution in [2.45, 2.75) is 90.9 Å². The molecule has 0 aromatic rings. The molecule has 0 atom stereocenters. The van der Waals surface area contributed by atoms with E-state index in [-0.39, 0.29) is 79.6 Å². The van der Waals surface area contributed by atoms with Gasteiger partial charge in [0.15, 0.2) is 0 Å². The van der Waals surface area contributed by atoms with Crippen molar-refractivity contribution in [1.82, 2.24) is 0 Å². The summed E-state index contributed by atoms with van der Waals surface area (Å²) in [4.78, 5) is 62.1. The van der Waals surface area contributed by atoms with Crippen LogP contribution in [0.3, 0.4) is 0 Å². The molecule has 0 aliphatic rings. The molecule has 0 radical (unpaired) electrons. The summed E-state index contributed by atoms with van der Waals surface area (Å²) in [6.45, 7) is 6.52. The first-order chi connectivity index (χ1) is 24.3. The molecule has 18 nitrogen and oxygen atoms in total. The van der Waals surface area contributed by atoms with Gasteiger partial charge in [-0.1, -0.05) is 38.8 Å². The number of rotatable bonds is 26. The van der Waals surface area contributed by atoms with Gasteiger partial charge < -0.3 is 60.5 Å². The van der Waals surface area contributed by atoms with Gasteiger partial charge in [0.05, 0.1) is 50.5 Å². The predicted molar refractivity (Wildman–Crippen MR) is 192 cm³/mol. The molecule has 53 heavy (non-hydrogen) atoms. The van der Waals surface area contributed by atoms with Crippen molar-refractivity contribution in [2.24, 2.45) is 10.8 Å². The zero-order valence-corrected chi connectivity index (χ0v) is 30.3. The molecule has 0 fully saturated rings. The van der Waals surface area contributed by atoms with E-state index in [4.69, 9.17) is 60.5 Å². The maximum absolute atomic E-state index is 11.0. The molecular formula is C34H61NaO18. The van der Waals surface area contributed by atoms with Crippen LogP contribution in [0.15, 0.2) is 24.3 Å². The summed E-state index contributed by atoms with van der Waals surface area (Å²) < 4.78 is 9.45. The van der Waals surface area contributed by atoms with E-state index in [0.717, 1.165) is 25.7 Å². The quantitative estimate of drug-likeness (QED) is 0.0247. The number of hydrogen-bond donors (Lipinski definition) is 10. The zero-order chi connectivity index (χ0) is 41.2. The van der Waals surface area contributed by atoms with Crippen LogP contribution in [-0.2, 0) is 38.2 Å². The second kappa shape index (κ2) is 37.4. The Labute approximate surface area is 332 Å². The number of esters is 2. The molecule has 10 N–H and O–H groups in total. The molecule has 0 rings (SSSR count). The molecule has 0 saturated carbocycles. The Bertz CT molecular complexity index is 920. The number of hydrogen-bond acceptors (Lipinski definition) is 14. The normalized spacial score (nSPS) is 10.3. The van der Waals surface area contributed by atoms with E-state index in [1.807, 2.05) is 0 Å². The van der Waals surface area contributed by atoms with Gasteiger partial charge in [-0.3, -0.25) is 19.2 Å². The molecule has 19 heteroatoms. The predicted octanol–water partition coefficient (Wildman–Crippen LogP) is 0.482. The summed E-state index contributed by atoms with van der Waals surface area (Å²) in [6, 6.07) is 0. The van der Waals surface area contributed by atoms with Gasteiger partial charge in [-0.2, -0.15) is 0 Å². The van der Waals surface area contributed by atoms with E-state index in [1.165, 1.54) is 13.8 Å². The van der Waals surface area contributed by atoms with Gasteiger partial charge in [0, 0.05) is 36.8 Å². The second-order valence-electron chi connectivity index (χ2n) is 12.1. The van der Waals surface area contributed by atoms with Crippen LogP contribution in [0.2, 0.25) is 0 Å². The standard InChI is InChI=1S/2C9H16O5.2C8H14O4.Na.H/c2*1-7(2)8(13)14-6-9(3-10,4-11)5-12;2*9-7(10)5-3-1-2-4-6-8(11)12;;/h2*10-12H,1,3-6H2,2H3;2*1-6H2,(H,9,10)(H,11,12);;. The fourth-order valence-electron chi connectivity index (χ4n) is 3.07. The number of aliphatic hydroxyl groups excluding tert-OH is 6. The van der Waals surface area contributed by atoms with Crippen LogP contribution in [0.4, 0.5) is 0 Å². The summed E-state index contributed by atoms with van der Waals surface area (Å²) in [5, 5.41) is 86.4. The molecular weight excluding hydrogens is 719 g/mol. The third-order valence-corrected chi connectivity index (χ3v) is 6.79. The minimum atomic E-state index is -1.18. The Morgan fingerprint density at radius 3 is 0.755 bits per heavy atom. The van der Waals surface area contributed by atoms with Crippen LogP contribution in [0.5, 0.6) is 0 Å². The summed E-state index contributed by atoms with van der Waals surface area (Å²) in [6.07, 6.45) is 6.56. The molecule has 0 saturated heterocycles.